The highest BCUT2D eigenvalue weighted by molar-refractivity contribution is 5.74. The molecule has 1 N–H and O–H groups in total. The summed E-state index contributed by atoms with van der Waals surface area (Å²) in [7, 11) is 0. The van der Waals surface area contributed by atoms with Gasteiger partial charge in [0.25, 0.3) is 5.56 Å². The van der Waals surface area contributed by atoms with E-state index in [2.05, 4.69) is 24.8 Å². The summed E-state index contributed by atoms with van der Waals surface area (Å²) in [4.78, 5) is 34.2. The molecule has 1 fully saturated rings. The van der Waals surface area contributed by atoms with E-state index in [1.807, 2.05) is 48.0 Å². The van der Waals surface area contributed by atoms with Gasteiger partial charge in [-0.1, -0.05) is 6.07 Å². The molecular formula is C27H32N8O. The summed E-state index contributed by atoms with van der Waals surface area (Å²) in [5, 5.41) is 3.68. The van der Waals surface area contributed by atoms with Crippen LogP contribution in [0, 0.1) is 6.92 Å². The molecule has 0 aliphatic carbocycles. The lowest BCUT2D eigenvalue weighted by Crippen LogP contribution is -2.34. The summed E-state index contributed by atoms with van der Waals surface area (Å²) in [6.07, 6.45) is 8.50. The van der Waals surface area contributed by atoms with Crippen LogP contribution in [-0.2, 0) is 25.9 Å². The largest absolute Gasteiger partial charge is 0.352 e. The predicted octanol–water partition coefficient (Wildman–Crippen LogP) is 2.80. The number of rotatable bonds is 7. The van der Waals surface area contributed by atoms with E-state index in [0.29, 0.717) is 6.54 Å². The fourth-order valence-corrected chi connectivity index (χ4v) is 5.50. The molecule has 0 bridgehead atoms. The first-order valence-corrected chi connectivity index (χ1v) is 12.9. The minimum absolute atomic E-state index is 0.168. The van der Waals surface area contributed by atoms with Crippen molar-refractivity contribution in [3.63, 3.8) is 0 Å². The van der Waals surface area contributed by atoms with Gasteiger partial charge in [0, 0.05) is 62.3 Å². The second kappa shape index (κ2) is 9.81. The lowest BCUT2D eigenvalue weighted by Gasteiger charge is -2.21. The van der Waals surface area contributed by atoms with E-state index in [9.17, 15) is 4.79 Å². The standard InChI is InChI=1S/C27H32N8O/c1-19-22(26(36)34-14-5-3-9-24(34)30-19)11-16-33-15-10-21(17-33)31-27-32-23-8-6-13-29-25(23)35(27)18-20-7-2-4-12-28-20/h2,4,6-8,12-13,21H,3,5,9-11,14-18H2,1H3,(H,31,32). The fourth-order valence-electron chi connectivity index (χ4n) is 5.50. The fraction of sp³-hybridized carbons (Fsp3) is 0.444. The Balaban J connectivity index is 1.14. The zero-order chi connectivity index (χ0) is 24.5. The molecule has 6 heterocycles. The monoisotopic (exact) mass is 484 g/mol. The van der Waals surface area contributed by atoms with Gasteiger partial charge in [-0.05, 0) is 56.9 Å². The minimum atomic E-state index is 0.168. The Morgan fingerprint density at radius 1 is 1.06 bits per heavy atom. The van der Waals surface area contributed by atoms with Gasteiger partial charge in [-0.2, -0.15) is 0 Å². The number of nitrogens with zero attached hydrogens (tertiary/aromatic N) is 7. The van der Waals surface area contributed by atoms with Crippen LogP contribution < -0.4 is 10.9 Å². The van der Waals surface area contributed by atoms with Crippen LogP contribution in [0.5, 0.6) is 0 Å². The van der Waals surface area contributed by atoms with Gasteiger partial charge in [0.1, 0.15) is 11.3 Å². The van der Waals surface area contributed by atoms with Crippen molar-refractivity contribution in [2.75, 3.05) is 25.0 Å². The maximum atomic E-state index is 13.1. The Kier molecular flexibility index (Phi) is 6.23. The molecule has 2 aliphatic rings. The Morgan fingerprint density at radius 3 is 2.86 bits per heavy atom. The van der Waals surface area contributed by atoms with E-state index in [1.165, 1.54) is 0 Å². The van der Waals surface area contributed by atoms with Crippen molar-refractivity contribution in [1.82, 2.24) is 34.0 Å². The second-order valence-electron chi connectivity index (χ2n) is 9.88. The third-order valence-corrected chi connectivity index (χ3v) is 7.41. The van der Waals surface area contributed by atoms with Crippen LogP contribution in [0.4, 0.5) is 5.95 Å². The molecule has 1 atom stereocenters. The number of imidazole rings is 1. The lowest BCUT2D eigenvalue weighted by molar-refractivity contribution is 0.339. The zero-order valence-corrected chi connectivity index (χ0v) is 20.7. The van der Waals surface area contributed by atoms with Crippen molar-refractivity contribution in [3.8, 4) is 0 Å². The maximum Gasteiger partial charge on any atom is 0.256 e. The number of aromatic nitrogens is 6. The summed E-state index contributed by atoms with van der Waals surface area (Å²) in [6.45, 7) is 6.18. The predicted molar refractivity (Wildman–Crippen MR) is 139 cm³/mol. The molecule has 0 spiro atoms. The van der Waals surface area contributed by atoms with Crippen LogP contribution in [0.25, 0.3) is 11.2 Å². The van der Waals surface area contributed by atoms with Gasteiger partial charge in [-0.3, -0.25) is 18.9 Å². The molecule has 4 aromatic heterocycles. The van der Waals surface area contributed by atoms with E-state index in [4.69, 9.17) is 9.97 Å². The average Bonchev–Trinajstić information content (AvgIpc) is 3.49. The first-order valence-electron chi connectivity index (χ1n) is 12.9. The molecule has 4 aromatic rings. The SMILES string of the molecule is Cc1nc2n(c(=O)c1CCN1CCC(Nc3nc4cccnc4n3Cc3ccccn3)C1)CCCC2. The molecule has 0 saturated carbocycles. The third-order valence-electron chi connectivity index (χ3n) is 7.41. The summed E-state index contributed by atoms with van der Waals surface area (Å²) in [5.74, 6) is 1.79. The number of anilines is 1. The van der Waals surface area contributed by atoms with Gasteiger partial charge in [-0.25, -0.2) is 15.0 Å². The molecule has 6 rings (SSSR count). The molecule has 2 aliphatic heterocycles. The molecule has 1 unspecified atom stereocenters. The molecular weight excluding hydrogens is 452 g/mol. The van der Waals surface area contributed by atoms with Gasteiger partial charge < -0.3 is 10.2 Å². The average molecular weight is 485 g/mol. The molecule has 0 radical (unpaired) electrons. The van der Waals surface area contributed by atoms with Crippen LogP contribution in [-0.4, -0.2) is 59.6 Å². The van der Waals surface area contributed by atoms with Crippen LogP contribution in [0.2, 0.25) is 0 Å². The summed E-state index contributed by atoms with van der Waals surface area (Å²) < 4.78 is 4.02. The first kappa shape index (κ1) is 22.8. The number of nitrogens with one attached hydrogen (secondary N) is 1. The van der Waals surface area contributed by atoms with E-state index >= 15 is 0 Å². The molecule has 186 valence electrons. The number of pyridine rings is 2. The molecule has 36 heavy (non-hydrogen) atoms. The van der Waals surface area contributed by atoms with Crippen LogP contribution in [0.3, 0.4) is 0 Å². The third kappa shape index (κ3) is 4.51. The normalized spacial score (nSPS) is 18.0. The topological polar surface area (TPSA) is 93.8 Å². The van der Waals surface area contributed by atoms with Crippen LogP contribution in [0.1, 0.15) is 42.0 Å². The molecule has 9 nitrogen and oxygen atoms in total. The number of hydrogen-bond donors (Lipinski definition) is 1. The highest BCUT2D eigenvalue weighted by Gasteiger charge is 2.25. The summed E-state index contributed by atoms with van der Waals surface area (Å²) >= 11 is 0. The van der Waals surface area contributed by atoms with E-state index < -0.39 is 0 Å². The van der Waals surface area contributed by atoms with E-state index in [0.717, 1.165) is 98.2 Å². The van der Waals surface area contributed by atoms with Crippen molar-refractivity contribution >= 4 is 17.1 Å². The molecule has 0 amide bonds. The minimum Gasteiger partial charge on any atom is -0.352 e. The Bertz CT molecular complexity index is 1430. The highest BCUT2D eigenvalue weighted by Crippen LogP contribution is 2.22. The van der Waals surface area contributed by atoms with Gasteiger partial charge in [-0.15, -0.1) is 0 Å². The quantitative estimate of drug-likeness (QED) is 0.431. The van der Waals surface area contributed by atoms with Gasteiger partial charge in [0.15, 0.2) is 5.65 Å². The molecule has 1 saturated heterocycles. The van der Waals surface area contributed by atoms with E-state index in [1.54, 1.807) is 6.20 Å². The first-order chi connectivity index (χ1) is 17.7. The van der Waals surface area contributed by atoms with Crippen molar-refractivity contribution in [1.29, 1.82) is 0 Å². The van der Waals surface area contributed by atoms with Crippen molar-refractivity contribution < 1.29 is 0 Å². The van der Waals surface area contributed by atoms with E-state index in [-0.39, 0.29) is 11.6 Å². The van der Waals surface area contributed by atoms with Crippen molar-refractivity contribution in [3.05, 3.63) is 75.9 Å². The smallest absolute Gasteiger partial charge is 0.256 e. The van der Waals surface area contributed by atoms with Gasteiger partial charge >= 0.3 is 0 Å². The molecule has 9 heteroatoms. The number of fused-ring (bicyclic) bond motifs is 2. The Morgan fingerprint density at radius 2 is 1.97 bits per heavy atom. The van der Waals surface area contributed by atoms with Crippen molar-refractivity contribution in [2.45, 2.75) is 58.2 Å². The second-order valence-corrected chi connectivity index (χ2v) is 9.88. The summed E-state index contributed by atoms with van der Waals surface area (Å²) in [5.41, 5.74) is 4.65. The zero-order valence-electron chi connectivity index (χ0n) is 20.7. The van der Waals surface area contributed by atoms with Crippen LogP contribution >= 0.6 is 0 Å². The van der Waals surface area contributed by atoms with Crippen molar-refractivity contribution in [2.24, 2.45) is 0 Å². The number of likely N-dealkylation sites (tertiary alicyclic amines) is 1. The Hall–Kier alpha value is -3.59. The molecule has 0 aromatic carbocycles. The van der Waals surface area contributed by atoms with Gasteiger partial charge in [0.2, 0.25) is 5.95 Å². The lowest BCUT2D eigenvalue weighted by atomic mass is 10.1. The number of hydrogen-bond acceptors (Lipinski definition) is 7. The number of aryl methyl sites for hydroxylation is 2. The maximum absolute atomic E-state index is 13.1. The Labute approximate surface area is 210 Å². The highest BCUT2D eigenvalue weighted by atomic mass is 16.1. The van der Waals surface area contributed by atoms with Gasteiger partial charge in [0.05, 0.1) is 12.2 Å². The summed E-state index contributed by atoms with van der Waals surface area (Å²) in [6, 6.07) is 10.2. The van der Waals surface area contributed by atoms with Crippen LogP contribution in [0.15, 0.2) is 47.5 Å².